The third-order valence-electron chi connectivity index (χ3n) is 6.13. The molecule has 4 nitrogen and oxygen atoms in total. The molecule has 4 rings (SSSR count). The molecule has 4 atom stereocenters. The topological polar surface area (TPSA) is 52.9 Å². The summed E-state index contributed by atoms with van der Waals surface area (Å²) >= 11 is 0. The summed E-state index contributed by atoms with van der Waals surface area (Å²) in [5.74, 6) is 0.480. The lowest BCUT2D eigenvalue weighted by Gasteiger charge is -2.31. The van der Waals surface area contributed by atoms with Gasteiger partial charge in [-0.2, -0.15) is 0 Å². The molecule has 2 saturated heterocycles. The van der Waals surface area contributed by atoms with Crippen LogP contribution in [0, 0.1) is 11.3 Å². The Morgan fingerprint density at radius 1 is 1.18 bits per heavy atom. The molecule has 2 heterocycles. The molecule has 4 heteroatoms. The van der Waals surface area contributed by atoms with Crippen LogP contribution in [0.15, 0.2) is 30.3 Å². The van der Waals surface area contributed by atoms with E-state index >= 15 is 0 Å². The lowest BCUT2D eigenvalue weighted by molar-refractivity contribution is 0.0376. The molecule has 0 amide bonds. The minimum Gasteiger partial charge on any atom is -0.396 e. The molecule has 0 aromatic heterocycles. The van der Waals surface area contributed by atoms with Gasteiger partial charge in [-0.15, -0.1) is 0 Å². The fraction of sp³-hybridized carbons (Fsp3) is 0.667. The van der Waals surface area contributed by atoms with Gasteiger partial charge >= 0.3 is 0 Å². The van der Waals surface area contributed by atoms with Crippen molar-refractivity contribution in [1.29, 1.82) is 0 Å². The number of rotatable bonds is 3. The number of nitrogens with zero attached hydrogens (tertiary/aromatic N) is 1. The second kappa shape index (κ2) is 5.60. The van der Waals surface area contributed by atoms with E-state index in [1.165, 1.54) is 5.56 Å². The highest BCUT2D eigenvalue weighted by Gasteiger charge is 2.71. The molecule has 1 spiro atoms. The third-order valence-corrected chi connectivity index (χ3v) is 6.13. The SMILES string of the molecule is OC[C@@H]1[C@@H](c2ccccc2)[C@]12CN(C1CCOCC1)C[C@@H]2O. The monoisotopic (exact) mass is 303 g/mol. The minimum absolute atomic E-state index is 0.144. The highest BCUT2D eigenvalue weighted by atomic mass is 16.5. The molecule has 0 radical (unpaired) electrons. The van der Waals surface area contributed by atoms with Gasteiger partial charge in [0.15, 0.2) is 0 Å². The number of likely N-dealkylation sites (tertiary alicyclic amines) is 1. The Hall–Kier alpha value is -0.940. The van der Waals surface area contributed by atoms with Gasteiger partial charge in [0, 0.05) is 44.4 Å². The normalized spacial score (nSPS) is 39.5. The first kappa shape index (κ1) is 14.6. The van der Waals surface area contributed by atoms with Crippen LogP contribution in [0.5, 0.6) is 0 Å². The van der Waals surface area contributed by atoms with Crippen LogP contribution in [0.25, 0.3) is 0 Å². The van der Waals surface area contributed by atoms with Gasteiger partial charge < -0.3 is 14.9 Å². The fourth-order valence-corrected chi connectivity index (χ4v) is 4.93. The third kappa shape index (κ3) is 2.13. The Labute approximate surface area is 131 Å². The molecule has 3 fully saturated rings. The van der Waals surface area contributed by atoms with Crippen molar-refractivity contribution >= 4 is 0 Å². The van der Waals surface area contributed by atoms with Gasteiger partial charge in [-0.1, -0.05) is 30.3 Å². The van der Waals surface area contributed by atoms with Crippen molar-refractivity contribution in [1.82, 2.24) is 4.90 Å². The van der Waals surface area contributed by atoms with E-state index in [1.807, 2.05) is 18.2 Å². The van der Waals surface area contributed by atoms with Crippen molar-refractivity contribution in [2.75, 3.05) is 32.9 Å². The van der Waals surface area contributed by atoms with Crippen LogP contribution in [0.2, 0.25) is 0 Å². The smallest absolute Gasteiger partial charge is 0.0745 e. The summed E-state index contributed by atoms with van der Waals surface area (Å²) in [4.78, 5) is 2.44. The summed E-state index contributed by atoms with van der Waals surface area (Å²) < 4.78 is 5.46. The lowest BCUT2D eigenvalue weighted by Crippen LogP contribution is -2.38. The highest BCUT2D eigenvalue weighted by molar-refractivity contribution is 5.36. The van der Waals surface area contributed by atoms with Crippen LogP contribution in [0.4, 0.5) is 0 Å². The van der Waals surface area contributed by atoms with Crippen molar-refractivity contribution in [2.24, 2.45) is 11.3 Å². The van der Waals surface area contributed by atoms with Crippen LogP contribution in [0.3, 0.4) is 0 Å². The largest absolute Gasteiger partial charge is 0.396 e. The lowest BCUT2D eigenvalue weighted by atomic mass is 9.95. The van der Waals surface area contributed by atoms with Crippen LogP contribution in [-0.2, 0) is 4.74 Å². The summed E-state index contributed by atoms with van der Waals surface area (Å²) in [6.45, 7) is 3.47. The van der Waals surface area contributed by atoms with E-state index in [9.17, 15) is 10.2 Å². The molecule has 2 N–H and O–H groups in total. The predicted octanol–water partition coefficient (Wildman–Crippen LogP) is 1.23. The van der Waals surface area contributed by atoms with Crippen LogP contribution < -0.4 is 0 Å². The zero-order chi connectivity index (χ0) is 15.2. The maximum Gasteiger partial charge on any atom is 0.0745 e. The second-order valence-corrected chi connectivity index (χ2v) is 7.08. The number of ether oxygens (including phenoxy) is 1. The molecule has 22 heavy (non-hydrogen) atoms. The number of hydrogen-bond acceptors (Lipinski definition) is 4. The van der Waals surface area contributed by atoms with E-state index in [2.05, 4.69) is 17.0 Å². The predicted molar refractivity (Wildman–Crippen MR) is 83.6 cm³/mol. The molecule has 1 aliphatic carbocycles. The van der Waals surface area contributed by atoms with E-state index in [1.54, 1.807) is 0 Å². The Kier molecular flexibility index (Phi) is 3.73. The average molecular weight is 303 g/mol. The van der Waals surface area contributed by atoms with Crippen LogP contribution in [0.1, 0.15) is 24.3 Å². The quantitative estimate of drug-likeness (QED) is 0.882. The highest BCUT2D eigenvalue weighted by Crippen LogP contribution is 2.68. The molecule has 0 bridgehead atoms. The maximum atomic E-state index is 10.8. The number of hydrogen-bond donors (Lipinski definition) is 2. The molecule has 120 valence electrons. The zero-order valence-electron chi connectivity index (χ0n) is 12.9. The molecular weight excluding hydrogens is 278 g/mol. The van der Waals surface area contributed by atoms with Gasteiger partial charge in [-0.3, -0.25) is 4.90 Å². The molecular formula is C18H25NO3. The molecule has 3 aliphatic rings. The Morgan fingerprint density at radius 3 is 2.59 bits per heavy atom. The molecule has 1 aromatic rings. The van der Waals surface area contributed by atoms with E-state index < -0.39 is 0 Å². The molecule has 2 aliphatic heterocycles. The first-order valence-electron chi connectivity index (χ1n) is 8.43. The Morgan fingerprint density at radius 2 is 1.91 bits per heavy atom. The zero-order valence-corrected chi connectivity index (χ0v) is 12.9. The van der Waals surface area contributed by atoms with E-state index in [0.717, 1.165) is 39.1 Å². The number of β-amino-alcohol motifs (C(OH)–C–C–N with tert-alkyl or cyclic N) is 1. The van der Waals surface area contributed by atoms with Crippen molar-refractivity contribution in [2.45, 2.75) is 30.9 Å². The van der Waals surface area contributed by atoms with E-state index in [0.29, 0.717) is 12.0 Å². The second-order valence-electron chi connectivity index (χ2n) is 7.08. The first-order valence-corrected chi connectivity index (χ1v) is 8.43. The maximum absolute atomic E-state index is 10.8. The van der Waals surface area contributed by atoms with Crippen molar-refractivity contribution in [3.05, 3.63) is 35.9 Å². The Balaban J connectivity index is 1.55. The standard InChI is InChI=1S/C18H25NO3/c20-11-15-17(13-4-2-1-3-5-13)18(15)12-19(10-16(18)21)14-6-8-22-9-7-14/h1-5,14-17,20-21H,6-12H2/t15-,16+,17-,18-/m1/s1. The van der Waals surface area contributed by atoms with Crippen LogP contribution >= 0.6 is 0 Å². The number of benzene rings is 1. The van der Waals surface area contributed by atoms with Crippen molar-refractivity contribution < 1.29 is 14.9 Å². The van der Waals surface area contributed by atoms with Gasteiger partial charge in [0.05, 0.1) is 6.10 Å². The van der Waals surface area contributed by atoms with Crippen LogP contribution in [-0.4, -0.2) is 60.2 Å². The van der Waals surface area contributed by atoms with E-state index in [-0.39, 0.29) is 24.0 Å². The molecule has 0 unspecified atom stereocenters. The number of aliphatic hydroxyl groups excluding tert-OH is 2. The van der Waals surface area contributed by atoms with Crippen molar-refractivity contribution in [3.63, 3.8) is 0 Å². The summed E-state index contributed by atoms with van der Waals surface area (Å²) in [5, 5.41) is 20.6. The Bertz CT molecular complexity index is 516. The van der Waals surface area contributed by atoms with Gasteiger partial charge in [0.2, 0.25) is 0 Å². The fourth-order valence-electron chi connectivity index (χ4n) is 4.93. The summed E-state index contributed by atoms with van der Waals surface area (Å²) in [5.41, 5.74) is 1.11. The summed E-state index contributed by atoms with van der Waals surface area (Å²) in [7, 11) is 0. The molecule has 1 aromatic carbocycles. The summed E-state index contributed by atoms with van der Waals surface area (Å²) in [6, 6.07) is 10.9. The van der Waals surface area contributed by atoms with Gasteiger partial charge in [0.1, 0.15) is 0 Å². The van der Waals surface area contributed by atoms with Gasteiger partial charge in [-0.25, -0.2) is 0 Å². The first-order chi connectivity index (χ1) is 10.8. The number of aliphatic hydroxyl groups is 2. The van der Waals surface area contributed by atoms with Gasteiger partial charge in [0.25, 0.3) is 0 Å². The minimum atomic E-state index is -0.335. The average Bonchev–Trinajstić information content (AvgIpc) is 3.11. The summed E-state index contributed by atoms with van der Waals surface area (Å²) in [6.07, 6.45) is 1.78. The molecule has 1 saturated carbocycles. The van der Waals surface area contributed by atoms with Crippen molar-refractivity contribution in [3.8, 4) is 0 Å². The van der Waals surface area contributed by atoms with E-state index in [4.69, 9.17) is 4.74 Å². The van der Waals surface area contributed by atoms with Gasteiger partial charge in [-0.05, 0) is 30.2 Å².